The lowest BCUT2D eigenvalue weighted by Gasteiger charge is -2.41. The summed E-state index contributed by atoms with van der Waals surface area (Å²) in [6, 6.07) is 3.59. The van der Waals surface area contributed by atoms with Crippen molar-refractivity contribution >= 4 is 15.9 Å². The number of amides is 1. The lowest BCUT2D eigenvalue weighted by molar-refractivity contribution is -0.142. The number of ether oxygens (including phenoxy) is 3. The Labute approximate surface area is 210 Å². The number of aryl methyl sites for hydroxylation is 2. The van der Waals surface area contributed by atoms with Gasteiger partial charge in [-0.1, -0.05) is 0 Å². The molecule has 1 aliphatic heterocycles. The van der Waals surface area contributed by atoms with Crippen LogP contribution in [0.3, 0.4) is 0 Å². The van der Waals surface area contributed by atoms with E-state index in [1.165, 1.54) is 37.3 Å². The summed E-state index contributed by atoms with van der Waals surface area (Å²) in [7, 11) is 1.19. The Hall–Kier alpha value is -1.72. The van der Waals surface area contributed by atoms with Crippen LogP contribution < -0.4 is 4.74 Å². The summed E-state index contributed by atoms with van der Waals surface area (Å²) in [6.45, 7) is 7.83. The van der Waals surface area contributed by atoms with Crippen molar-refractivity contribution in [3.05, 3.63) is 23.3 Å². The topological polar surface area (TPSA) is 88.6 Å². The van der Waals surface area contributed by atoms with E-state index < -0.39 is 10.0 Å². The van der Waals surface area contributed by atoms with Gasteiger partial charge in [-0.2, -0.15) is 4.31 Å². The number of hydrogen-bond acceptors (Lipinski definition) is 7. The fourth-order valence-electron chi connectivity index (χ4n) is 4.71. The van der Waals surface area contributed by atoms with Crippen molar-refractivity contribution in [2.75, 3.05) is 67.2 Å². The molecule has 0 atom stereocenters. The van der Waals surface area contributed by atoms with Crippen LogP contribution in [0.25, 0.3) is 0 Å². The molecule has 2 fully saturated rings. The Morgan fingerprint density at radius 3 is 2.31 bits per heavy atom. The van der Waals surface area contributed by atoms with Gasteiger partial charge in [0.2, 0.25) is 15.9 Å². The molecule has 0 aromatic heterocycles. The quantitative estimate of drug-likeness (QED) is 0.375. The number of sulfonamides is 1. The summed E-state index contributed by atoms with van der Waals surface area (Å²) in [4.78, 5) is 16.9. The second kappa shape index (κ2) is 12.5. The van der Waals surface area contributed by atoms with E-state index in [0.717, 1.165) is 26.0 Å². The largest absolute Gasteiger partial charge is 0.497 e. The van der Waals surface area contributed by atoms with Crippen molar-refractivity contribution in [3.8, 4) is 5.75 Å². The lowest BCUT2D eigenvalue weighted by atomic mass is 9.88. The molecule has 1 aromatic rings. The van der Waals surface area contributed by atoms with Gasteiger partial charge in [0.15, 0.2) is 0 Å². The average molecular weight is 512 g/mol. The summed E-state index contributed by atoms with van der Waals surface area (Å²) in [6.07, 6.45) is 4.50. The molecule has 10 heteroatoms. The standard InChI is InChI=1S/C25H41N3O6S/c1-19-14-22(32-5)15-20(2)25(19)35(30,31)26(3)10-12-33-18-24(29)27(4)21-16-23(17-21)34-13-11-28-8-6-7-9-28/h14-15,21,23H,6-13,16-18H2,1-5H3/t21-,23+. The highest BCUT2D eigenvalue weighted by atomic mass is 32.2. The van der Waals surface area contributed by atoms with E-state index in [1.54, 1.807) is 45.0 Å². The van der Waals surface area contributed by atoms with Crippen LogP contribution in [-0.2, 0) is 24.3 Å². The summed E-state index contributed by atoms with van der Waals surface area (Å²) in [5.41, 5.74) is 1.26. The van der Waals surface area contributed by atoms with Crippen molar-refractivity contribution in [2.24, 2.45) is 0 Å². The van der Waals surface area contributed by atoms with Gasteiger partial charge in [0.1, 0.15) is 12.4 Å². The van der Waals surface area contributed by atoms with Crippen molar-refractivity contribution in [1.82, 2.24) is 14.1 Å². The summed E-state index contributed by atoms with van der Waals surface area (Å²) in [5.74, 6) is 0.525. The number of rotatable bonds is 13. The Kier molecular flexibility index (Phi) is 9.94. The first-order chi connectivity index (χ1) is 16.6. The molecule has 1 aliphatic carbocycles. The maximum absolute atomic E-state index is 13.1. The van der Waals surface area contributed by atoms with E-state index in [4.69, 9.17) is 14.2 Å². The lowest BCUT2D eigenvalue weighted by Crippen LogP contribution is -2.50. The number of hydrogen-bond donors (Lipinski definition) is 0. The average Bonchev–Trinajstić information content (AvgIpc) is 3.30. The van der Waals surface area contributed by atoms with Gasteiger partial charge in [-0.15, -0.1) is 0 Å². The maximum atomic E-state index is 13.1. The molecule has 0 unspecified atom stereocenters. The summed E-state index contributed by atoms with van der Waals surface area (Å²) in [5, 5.41) is 0. The second-order valence-corrected chi connectivity index (χ2v) is 11.6. The Balaban J connectivity index is 1.35. The molecule has 1 aromatic carbocycles. The highest BCUT2D eigenvalue weighted by Crippen LogP contribution is 2.29. The number of likely N-dealkylation sites (N-methyl/N-ethyl adjacent to an activating group) is 2. The number of likely N-dealkylation sites (tertiary alicyclic amines) is 1. The third kappa shape index (κ3) is 7.16. The van der Waals surface area contributed by atoms with Crippen molar-refractivity contribution < 1.29 is 27.4 Å². The number of nitrogens with zero attached hydrogens (tertiary/aromatic N) is 3. The second-order valence-electron chi connectivity index (χ2n) is 9.64. The first-order valence-corrected chi connectivity index (χ1v) is 13.9. The minimum Gasteiger partial charge on any atom is -0.497 e. The van der Waals surface area contributed by atoms with E-state index in [2.05, 4.69) is 4.90 Å². The van der Waals surface area contributed by atoms with Crippen LogP contribution in [0.1, 0.15) is 36.8 Å². The SMILES string of the molecule is COc1cc(C)c(S(=O)(=O)N(C)CCOCC(=O)N(C)[C@H]2C[C@@H](OCCN3CCCC3)C2)c(C)c1. The first-order valence-electron chi connectivity index (χ1n) is 12.4. The van der Waals surface area contributed by atoms with Gasteiger partial charge in [-0.05, 0) is 75.9 Å². The van der Waals surface area contributed by atoms with Crippen LogP contribution in [-0.4, -0.2) is 108 Å². The zero-order valence-electron chi connectivity index (χ0n) is 21.8. The number of carbonyl (C=O) groups excluding carboxylic acids is 1. The Bertz CT molecular complexity index is 935. The van der Waals surface area contributed by atoms with E-state index >= 15 is 0 Å². The molecule has 1 heterocycles. The Morgan fingerprint density at radius 1 is 1.09 bits per heavy atom. The van der Waals surface area contributed by atoms with Gasteiger partial charge in [-0.3, -0.25) is 4.79 Å². The van der Waals surface area contributed by atoms with E-state index in [1.807, 2.05) is 0 Å². The smallest absolute Gasteiger partial charge is 0.248 e. The van der Waals surface area contributed by atoms with Crippen LogP contribution >= 0.6 is 0 Å². The van der Waals surface area contributed by atoms with E-state index in [9.17, 15) is 13.2 Å². The molecule has 1 amide bonds. The highest BCUT2D eigenvalue weighted by molar-refractivity contribution is 7.89. The normalized spacial score (nSPS) is 20.7. The number of carbonyl (C=O) groups is 1. The molecule has 0 spiro atoms. The molecule has 3 rings (SSSR count). The molecule has 0 radical (unpaired) electrons. The Morgan fingerprint density at radius 2 is 1.71 bits per heavy atom. The van der Waals surface area contributed by atoms with Gasteiger partial charge in [0.05, 0.1) is 31.3 Å². The third-order valence-electron chi connectivity index (χ3n) is 7.08. The van der Waals surface area contributed by atoms with Crippen LogP contribution in [0.15, 0.2) is 17.0 Å². The summed E-state index contributed by atoms with van der Waals surface area (Å²) >= 11 is 0. The van der Waals surface area contributed by atoms with Crippen molar-refractivity contribution in [1.29, 1.82) is 0 Å². The molecule has 198 valence electrons. The van der Waals surface area contributed by atoms with Crippen LogP contribution in [0, 0.1) is 13.8 Å². The zero-order valence-corrected chi connectivity index (χ0v) is 22.6. The highest BCUT2D eigenvalue weighted by Gasteiger charge is 2.35. The first kappa shape index (κ1) is 27.9. The van der Waals surface area contributed by atoms with Gasteiger partial charge in [0.25, 0.3) is 0 Å². The van der Waals surface area contributed by atoms with Crippen molar-refractivity contribution in [3.63, 3.8) is 0 Å². The molecule has 1 saturated heterocycles. The molecular weight excluding hydrogens is 470 g/mol. The molecule has 35 heavy (non-hydrogen) atoms. The molecule has 1 saturated carbocycles. The predicted molar refractivity (Wildman–Crippen MR) is 134 cm³/mol. The van der Waals surface area contributed by atoms with Crippen LogP contribution in [0.2, 0.25) is 0 Å². The molecule has 0 N–H and O–H groups in total. The zero-order chi connectivity index (χ0) is 25.6. The molecule has 0 bridgehead atoms. The van der Waals surface area contributed by atoms with Crippen LogP contribution in [0.4, 0.5) is 0 Å². The number of methoxy groups -OCH3 is 1. The molecule has 2 aliphatic rings. The van der Waals surface area contributed by atoms with Crippen molar-refractivity contribution in [2.45, 2.75) is 56.6 Å². The fraction of sp³-hybridized carbons (Fsp3) is 0.720. The summed E-state index contributed by atoms with van der Waals surface area (Å²) < 4.78 is 44.1. The maximum Gasteiger partial charge on any atom is 0.248 e. The van der Waals surface area contributed by atoms with Gasteiger partial charge in [-0.25, -0.2) is 8.42 Å². The van der Waals surface area contributed by atoms with Crippen LogP contribution in [0.5, 0.6) is 5.75 Å². The molecular formula is C25H41N3O6S. The van der Waals surface area contributed by atoms with Gasteiger partial charge >= 0.3 is 0 Å². The third-order valence-corrected chi connectivity index (χ3v) is 9.25. The van der Waals surface area contributed by atoms with E-state index in [-0.39, 0.29) is 42.7 Å². The minimum absolute atomic E-state index is 0.0675. The minimum atomic E-state index is -3.68. The number of benzene rings is 1. The molecule has 9 nitrogen and oxygen atoms in total. The fourth-order valence-corrected chi connectivity index (χ4v) is 6.27. The predicted octanol–water partition coefficient (Wildman–Crippen LogP) is 2.05. The van der Waals surface area contributed by atoms with E-state index in [0.29, 0.717) is 16.9 Å². The van der Waals surface area contributed by atoms with Gasteiger partial charge < -0.3 is 24.0 Å². The monoisotopic (exact) mass is 511 g/mol. The van der Waals surface area contributed by atoms with Gasteiger partial charge in [0, 0.05) is 33.2 Å².